The van der Waals surface area contributed by atoms with Gasteiger partial charge in [-0.2, -0.15) is 5.10 Å². The first-order valence-electron chi connectivity index (χ1n) is 6.45. The Balaban J connectivity index is 2.16. The molecule has 100 valence electrons. The maximum Gasteiger partial charge on any atom is 0.165 e. The van der Waals surface area contributed by atoms with Crippen LogP contribution in [0.5, 0.6) is 11.5 Å². The lowest BCUT2D eigenvalue weighted by Gasteiger charge is -2.05. The molecule has 0 aliphatic heterocycles. The normalized spacial score (nSPS) is 10.7. The monoisotopic (exact) mass is 258 g/mol. The first-order valence-corrected chi connectivity index (χ1v) is 6.45. The fourth-order valence-electron chi connectivity index (χ4n) is 1.73. The number of Topliss-reactive ketones (excluding diaryl/α,β-unsaturated/α-hetero) is 1. The smallest absolute Gasteiger partial charge is 0.165 e. The molecule has 0 N–H and O–H groups in total. The molecule has 0 spiro atoms. The van der Waals surface area contributed by atoms with Gasteiger partial charge in [0.2, 0.25) is 0 Å². The molecule has 0 radical (unpaired) electrons. The first-order chi connectivity index (χ1) is 9.10. The fourth-order valence-corrected chi connectivity index (χ4v) is 1.73. The summed E-state index contributed by atoms with van der Waals surface area (Å²) in [6.07, 6.45) is 4.02. The molecule has 0 aliphatic carbocycles. The SMILES string of the molecule is CCC(=O)c1cccc(Oc2cnn(C(C)C)c2)c1. The van der Waals surface area contributed by atoms with E-state index in [0.717, 1.165) is 0 Å². The molecule has 1 heterocycles. The number of nitrogens with zero attached hydrogens (tertiary/aromatic N) is 2. The third-order valence-corrected chi connectivity index (χ3v) is 2.82. The lowest BCUT2D eigenvalue weighted by Crippen LogP contribution is -1.99. The van der Waals surface area contributed by atoms with Crippen molar-refractivity contribution in [2.45, 2.75) is 33.2 Å². The average molecular weight is 258 g/mol. The van der Waals surface area contributed by atoms with Crippen LogP contribution in [0.25, 0.3) is 0 Å². The maximum atomic E-state index is 11.6. The van der Waals surface area contributed by atoms with Gasteiger partial charge in [0, 0.05) is 18.0 Å². The molecule has 0 aliphatic rings. The second-order valence-corrected chi connectivity index (χ2v) is 4.66. The minimum absolute atomic E-state index is 0.114. The number of hydrogen-bond acceptors (Lipinski definition) is 3. The molecule has 0 bridgehead atoms. The van der Waals surface area contributed by atoms with Crippen LogP contribution in [0.2, 0.25) is 0 Å². The lowest BCUT2D eigenvalue weighted by atomic mass is 10.1. The molecule has 4 nitrogen and oxygen atoms in total. The van der Waals surface area contributed by atoms with E-state index >= 15 is 0 Å². The van der Waals surface area contributed by atoms with Gasteiger partial charge >= 0.3 is 0 Å². The van der Waals surface area contributed by atoms with Crippen LogP contribution in [0.4, 0.5) is 0 Å². The van der Waals surface area contributed by atoms with E-state index in [-0.39, 0.29) is 5.78 Å². The van der Waals surface area contributed by atoms with Crippen LogP contribution in [0.1, 0.15) is 43.6 Å². The number of rotatable bonds is 5. The molecule has 19 heavy (non-hydrogen) atoms. The molecular formula is C15H18N2O2. The third-order valence-electron chi connectivity index (χ3n) is 2.82. The summed E-state index contributed by atoms with van der Waals surface area (Å²) in [6.45, 7) is 5.96. The van der Waals surface area contributed by atoms with Crippen LogP contribution in [0.3, 0.4) is 0 Å². The van der Waals surface area contributed by atoms with Crippen molar-refractivity contribution in [3.63, 3.8) is 0 Å². The van der Waals surface area contributed by atoms with Crippen LogP contribution < -0.4 is 4.74 Å². The molecule has 4 heteroatoms. The van der Waals surface area contributed by atoms with Gasteiger partial charge in [-0.15, -0.1) is 0 Å². The standard InChI is InChI=1S/C15H18N2O2/c1-4-15(18)12-6-5-7-13(8-12)19-14-9-16-17(10-14)11(2)3/h5-11H,4H2,1-3H3. The first kappa shape index (κ1) is 13.3. The van der Waals surface area contributed by atoms with Crippen molar-refractivity contribution in [2.24, 2.45) is 0 Å². The molecule has 2 rings (SSSR count). The summed E-state index contributed by atoms with van der Waals surface area (Å²) in [4.78, 5) is 11.6. The Morgan fingerprint density at radius 3 is 2.79 bits per heavy atom. The third kappa shape index (κ3) is 3.22. The summed E-state index contributed by atoms with van der Waals surface area (Å²) >= 11 is 0. The van der Waals surface area contributed by atoms with Gasteiger partial charge in [0.15, 0.2) is 11.5 Å². The zero-order valence-corrected chi connectivity index (χ0v) is 11.5. The van der Waals surface area contributed by atoms with Gasteiger partial charge in [0.05, 0.1) is 12.4 Å². The van der Waals surface area contributed by atoms with E-state index in [2.05, 4.69) is 18.9 Å². The van der Waals surface area contributed by atoms with Crippen molar-refractivity contribution in [1.82, 2.24) is 9.78 Å². The summed E-state index contributed by atoms with van der Waals surface area (Å²) in [5.74, 6) is 1.45. The Labute approximate surface area is 113 Å². The van der Waals surface area contributed by atoms with Gasteiger partial charge in [-0.25, -0.2) is 0 Å². The summed E-state index contributed by atoms with van der Waals surface area (Å²) in [5, 5.41) is 4.21. The summed E-state index contributed by atoms with van der Waals surface area (Å²) in [5.41, 5.74) is 0.677. The summed E-state index contributed by atoms with van der Waals surface area (Å²) < 4.78 is 7.54. The number of ketones is 1. The van der Waals surface area contributed by atoms with Crippen LogP contribution in [0, 0.1) is 0 Å². The second kappa shape index (κ2) is 5.69. The van der Waals surface area contributed by atoms with Gasteiger partial charge < -0.3 is 4.74 Å². The average Bonchev–Trinajstić information content (AvgIpc) is 2.87. The Morgan fingerprint density at radius 1 is 1.37 bits per heavy atom. The number of ether oxygens (including phenoxy) is 1. The minimum Gasteiger partial charge on any atom is -0.454 e. The van der Waals surface area contributed by atoms with Crippen LogP contribution in [-0.2, 0) is 0 Å². The van der Waals surface area contributed by atoms with Gasteiger partial charge in [0.1, 0.15) is 5.75 Å². The van der Waals surface area contributed by atoms with Crippen LogP contribution >= 0.6 is 0 Å². The van der Waals surface area contributed by atoms with Gasteiger partial charge in [0.25, 0.3) is 0 Å². The van der Waals surface area contributed by atoms with E-state index < -0.39 is 0 Å². The Morgan fingerprint density at radius 2 is 2.16 bits per heavy atom. The number of carbonyl (C=O) groups excluding carboxylic acids is 1. The Kier molecular flexibility index (Phi) is 4.00. The zero-order chi connectivity index (χ0) is 13.8. The number of carbonyl (C=O) groups is 1. The molecule has 1 aromatic heterocycles. The minimum atomic E-state index is 0.114. The van der Waals surface area contributed by atoms with E-state index in [9.17, 15) is 4.79 Å². The van der Waals surface area contributed by atoms with Crippen molar-refractivity contribution in [3.8, 4) is 11.5 Å². The molecule has 0 amide bonds. The van der Waals surface area contributed by atoms with E-state index in [4.69, 9.17) is 4.74 Å². The summed E-state index contributed by atoms with van der Waals surface area (Å²) in [6, 6.07) is 7.52. The lowest BCUT2D eigenvalue weighted by molar-refractivity contribution is 0.0988. The molecule has 2 aromatic rings. The van der Waals surface area contributed by atoms with E-state index in [1.807, 2.05) is 29.9 Å². The quantitative estimate of drug-likeness (QED) is 0.765. The van der Waals surface area contributed by atoms with Crippen molar-refractivity contribution < 1.29 is 9.53 Å². The van der Waals surface area contributed by atoms with Crippen molar-refractivity contribution in [3.05, 3.63) is 42.2 Å². The predicted molar refractivity (Wildman–Crippen MR) is 73.7 cm³/mol. The van der Waals surface area contributed by atoms with Crippen molar-refractivity contribution >= 4 is 5.78 Å². The number of aromatic nitrogens is 2. The molecule has 1 aromatic carbocycles. The highest BCUT2D eigenvalue weighted by molar-refractivity contribution is 5.96. The Hall–Kier alpha value is -2.10. The van der Waals surface area contributed by atoms with E-state index in [1.54, 1.807) is 18.3 Å². The molecule has 0 saturated heterocycles. The highest BCUT2D eigenvalue weighted by atomic mass is 16.5. The largest absolute Gasteiger partial charge is 0.454 e. The van der Waals surface area contributed by atoms with E-state index in [1.165, 1.54) is 0 Å². The topological polar surface area (TPSA) is 44.1 Å². The predicted octanol–water partition coefficient (Wildman–Crippen LogP) is 3.85. The summed E-state index contributed by atoms with van der Waals surface area (Å²) in [7, 11) is 0. The molecule has 0 saturated carbocycles. The Bertz CT molecular complexity index is 573. The van der Waals surface area contributed by atoms with E-state index in [0.29, 0.717) is 29.5 Å². The zero-order valence-electron chi connectivity index (χ0n) is 11.5. The second-order valence-electron chi connectivity index (χ2n) is 4.66. The van der Waals surface area contributed by atoms with Crippen molar-refractivity contribution in [1.29, 1.82) is 0 Å². The number of benzene rings is 1. The molecular weight excluding hydrogens is 240 g/mol. The fraction of sp³-hybridized carbons (Fsp3) is 0.333. The molecule has 0 fully saturated rings. The maximum absolute atomic E-state index is 11.6. The number of hydrogen-bond donors (Lipinski definition) is 0. The highest BCUT2D eigenvalue weighted by Crippen LogP contribution is 2.23. The van der Waals surface area contributed by atoms with Crippen molar-refractivity contribution in [2.75, 3.05) is 0 Å². The molecule has 0 unspecified atom stereocenters. The molecule has 0 atom stereocenters. The van der Waals surface area contributed by atoms with Crippen LogP contribution in [-0.4, -0.2) is 15.6 Å². The van der Waals surface area contributed by atoms with Crippen LogP contribution in [0.15, 0.2) is 36.7 Å². The van der Waals surface area contributed by atoms with Gasteiger partial charge in [-0.1, -0.05) is 19.1 Å². The van der Waals surface area contributed by atoms with Gasteiger partial charge in [-0.3, -0.25) is 9.48 Å². The highest BCUT2D eigenvalue weighted by Gasteiger charge is 2.07. The van der Waals surface area contributed by atoms with Gasteiger partial charge in [-0.05, 0) is 26.0 Å².